The van der Waals surface area contributed by atoms with Crippen LogP contribution < -0.4 is 10.6 Å². The van der Waals surface area contributed by atoms with Crippen molar-refractivity contribution in [2.75, 3.05) is 18.4 Å². The molecule has 7 nitrogen and oxygen atoms in total. The molecule has 1 heterocycles. The van der Waals surface area contributed by atoms with E-state index in [2.05, 4.69) is 20.6 Å². The van der Waals surface area contributed by atoms with Gasteiger partial charge in [0.15, 0.2) is 5.69 Å². The third-order valence-electron chi connectivity index (χ3n) is 2.73. The maximum Gasteiger partial charge on any atom is 0.354 e. The van der Waals surface area contributed by atoms with Crippen LogP contribution in [0.2, 0.25) is 0 Å². The second-order valence-electron chi connectivity index (χ2n) is 4.52. The number of carboxylic acids is 1. The summed E-state index contributed by atoms with van der Waals surface area (Å²) >= 11 is 0. The number of hydrogen-bond donors (Lipinski definition) is 3. The third kappa shape index (κ3) is 3.90. The molecular formula is C12H16N4O3. The smallest absolute Gasteiger partial charge is 0.354 e. The van der Waals surface area contributed by atoms with E-state index in [1.54, 1.807) is 6.92 Å². The fraction of sp³-hybridized carbons (Fsp3) is 0.500. The van der Waals surface area contributed by atoms with Gasteiger partial charge in [-0.15, -0.1) is 0 Å². The van der Waals surface area contributed by atoms with Crippen LogP contribution in [0.3, 0.4) is 0 Å². The highest BCUT2D eigenvalue weighted by Gasteiger charge is 2.28. The van der Waals surface area contributed by atoms with Crippen LogP contribution in [0.1, 0.15) is 29.0 Å². The molecule has 0 aliphatic heterocycles. The van der Waals surface area contributed by atoms with Gasteiger partial charge in [0, 0.05) is 24.7 Å². The van der Waals surface area contributed by atoms with Gasteiger partial charge in [0.25, 0.3) is 0 Å². The summed E-state index contributed by atoms with van der Waals surface area (Å²) < 4.78 is 0. The molecule has 1 aliphatic rings. The Balaban J connectivity index is 1.81. The van der Waals surface area contributed by atoms with Gasteiger partial charge in [0.2, 0.25) is 11.9 Å². The number of aromatic carboxylic acids is 1. The molecule has 102 valence electrons. The minimum atomic E-state index is -1.09. The summed E-state index contributed by atoms with van der Waals surface area (Å²) in [4.78, 5) is 30.1. The molecule has 1 amide bonds. The molecule has 0 radical (unpaired) electrons. The highest BCUT2D eigenvalue weighted by molar-refractivity contribution is 5.85. The van der Waals surface area contributed by atoms with Gasteiger partial charge >= 0.3 is 5.97 Å². The Bertz CT molecular complexity index is 500. The maximum atomic E-state index is 11.4. The molecule has 0 bridgehead atoms. The number of hydrogen-bond acceptors (Lipinski definition) is 5. The maximum absolute atomic E-state index is 11.4. The van der Waals surface area contributed by atoms with E-state index in [9.17, 15) is 9.59 Å². The molecular weight excluding hydrogens is 248 g/mol. The molecule has 0 saturated heterocycles. The highest BCUT2D eigenvalue weighted by Crippen LogP contribution is 2.28. The highest BCUT2D eigenvalue weighted by atomic mass is 16.4. The van der Waals surface area contributed by atoms with Gasteiger partial charge in [-0.3, -0.25) is 4.79 Å². The largest absolute Gasteiger partial charge is 0.477 e. The molecule has 2 rings (SSSR count). The summed E-state index contributed by atoms with van der Waals surface area (Å²) in [5, 5.41) is 14.6. The van der Waals surface area contributed by atoms with Gasteiger partial charge in [-0.1, -0.05) is 0 Å². The van der Waals surface area contributed by atoms with Gasteiger partial charge in [-0.25, -0.2) is 14.8 Å². The molecule has 1 aromatic rings. The van der Waals surface area contributed by atoms with E-state index < -0.39 is 5.97 Å². The van der Waals surface area contributed by atoms with E-state index >= 15 is 0 Å². The van der Waals surface area contributed by atoms with E-state index in [4.69, 9.17) is 5.11 Å². The molecule has 0 atom stereocenters. The first-order valence-electron chi connectivity index (χ1n) is 6.17. The lowest BCUT2D eigenvalue weighted by Crippen LogP contribution is -2.30. The van der Waals surface area contributed by atoms with Crippen molar-refractivity contribution in [3.05, 3.63) is 17.5 Å². The molecule has 1 aromatic heterocycles. The SMILES string of the molecule is Cc1cc(C(=O)O)nc(NCCNC(=O)C2CC2)n1. The van der Waals surface area contributed by atoms with Gasteiger partial charge in [0.1, 0.15) is 0 Å². The van der Waals surface area contributed by atoms with Crippen LogP contribution in [0, 0.1) is 12.8 Å². The molecule has 0 aromatic carbocycles. The predicted molar refractivity (Wildman–Crippen MR) is 68.0 cm³/mol. The summed E-state index contributed by atoms with van der Waals surface area (Å²) in [5.41, 5.74) is 0.536. The van der Waals surface area contributed by atoms with Crippen LogP contribution >= 0.6 is 0 Å². The summed E-state index contributed by atoms with van der Waals surface area (Å²) in [6.45, 7) is 2.63. The number of nitrogens with one attached hydrogen (secondary N) is 2. The topological polar surface area (TPSA) is 104 Å². The summed E-state index contributed by atoms with van der Waals surface area (Å²) in [5.74, 6) is -0.555. The van der Waals surface area contributed by atoms with Crippen molar-refractivity contribution >= 4 is 17.8 Å². The second kappa shape index (κ2) is 5.64. The molecule has 7 heteroatoms. The van der Waals surface area contributed by atoms with Crippen LogP contribution in [0.4, 0.5) is 5.95 Å². The molecule has 0 spiro atoms. The van der Waals surface area contributed by atoms with E-state index in [1.165, 1.54) is 6.07 Å². The number of aromatic nitrogens is 2. The van der Waals surface area contributed by atoms with Crippen LogP contribution in [0.25, 0.3) is 0 Å². The van der Waals surface area contributed by atoms with E-state index in [1.807, 2.05) is 0 Å². The van der Waals surface area contributed by atoms with Gasteiger partial charge in [0.05, 0.1) is 0 Å². The third-order valence-corrected chi connectivity index (χ3v) is 2.73. The Labute approximate surface area is 110 Å². The fourth-order valence-corrected chi connectivity index (χ4v) is 1.61. The minimum absolute atomic E-state index is 0.0444. The summed E-state index contributed by atoms with van der Waals surface area (Å²) in [7, 11) is 0. The monoisotopic (exact) mass is 264 g/mol. The van der Waals surface area contributed by atoms with Crippen LogP contribution in [0.5, 0.6) is 0 Å². The zero-order valence-electron chi connectivity index (χ0n) is 10.6. The lowest BCUT2D eigenvalue weighted by Gasteiger charge is -2.07. The first-order valence-corrected chi connectivity index (χ1v) is 6.17. The van der Waals surface area contributed by atoms with Crippen molar-refractivity contribution in [2.45, 2.75) is 19.8 Å². The lowest BCUT2D eigenvalue weighted by atomic mass is 10.3. The van der Waals surface area contributed by atoms with E-state index in [-0.39, 0.29) is 23.5 Å². The number of carbonyl (C=O) groups is 2. The van der Waals surface area contributed by atoms with Crippen LogP contribution in [-0.4, -0.2) is 40.0 Å². The van der Waals surface area contributed by atoms with Crippen molar-refractivity contribution in [1.29, 1.82) is 0 Å². The predicted octanol–water partition coefficient (Wildman–Crippen LogP) is 0.421. The number of carboxylic acid groups (broad SMARTS) is 1. The van der Waals surface area contributed by atoms with Gasteiger partial charge in [-0.05, 0) is 25.8 Å². The molecule has 1 saturated carbocycles. The molecule has 1 aliphatic carbocycles. The standard InChI is InChI=1S/C12H16N4O3/c1-7-6-9(11(18)19)16-12(15-7)14-5-4-13-10(17)8-2-3-8/h6,8H,2-5H2,1H3,(H,13,17)(H,18,19)(H,14,15,16). The minimum Gasteiger partial charge on any atom is -0.477 e. The van der Waals surface area contributed by atoms with Gasteiger partial charge < -0.3 is 15.7 Å². The fourth-order valence-electron chi connectivity index (χ4n) is 1.61. The summed E-state index contributed by atoms with van der Waals surface area (Å²) in [6, 6.07) is 1.41. The van der Waals surface area contributed by atoms with Crippen LogP contribution in [0.15, 0.2) is 6.07 Å². The number of amides is 1. The van der Waals surface area contributed by atoms with E-state index in [0.717, 1.165) is 12.8 Å². The lowest BCUT2D eigenvalue weighted by molar-refractivity contribution is -0.122. The quantitative estimate of drug-likeness (QED) is 0.643. The average molecular weight is 264 g/mol. The Kier molecular flexibility index (Phi) is 3.94. The first kappa shape index (κ1) is 13.3. The number of nitrogens with zero attached hydrogens (tertiary/aromatic N) is 2. The number of carbonyl (C=O) groups excluding carboxylic acids is 1. The molecule has 0 unspecified atom stereocenters. The molecule has 19 heavy (non-hydrogen) atoms. The van der Waals surface area contributed by atoms with Crippen molar-refractivity contribution in [3.8, 4) is 0 Å². The normalized spacial score (nSPS) is 13.9. The average Bonchev–Trinajstić information content (AvgIpc) is 3.17. The zero-order valence-corrected chi connectivity index (χ0v) is 10.6. The Morgan fingerprint density at radius 3 is 2.74 bits per heavy atom. The number of anilines is 1. The Hall–Kier alpha value is -2.18. The van der Waals surface area contributed by atoms with Crippen molar-refractivity contribution < 1.29 is 14.7 Å². The molecule has 1 fully saturated rings. The Morgan fingerprint density at radius 1 is 1.37 bits per heavy atom. The van der Waals surface area contributed by atoms with Gasteiger partial charge in [-0.2, -0.15) is 0 Å². The number of rotatable bonds is 6. The second-order valence-corrected chi connectivity index (χ2v) is 4.52. The van der Waals surface area contributed by atoms with Crippen molar-refractivity contribution in [2.24, 2.45) is 5.92 Å². The molecule has 3 N–H and O–H groups in total. The van der Waals surface area contributed by atoms with E-state index in [0.29, 0.717) is 18.8 Å². The van der Waals surface area contributed by atoms with Crippen molar-refractivity contribution in [3.63, 3.8) is 0 Å². The van der Waals surface area contributed by atoms with Crippen molar-refractivity contribution in [1.82, 2.24) is 15.3 Å². The first-order chi connectivity index (χ1) is 9.06. The van der Waals surface area contributed by atoms with Crippen LogP contribution in [-0.2, 0) is 4.79 Å². The number of aryl methyl sites for hydroxylation is 1. The Morgan fingerprint density at radius 2 is 2.11 bits per heavy atom. The zero-order chi connectivity index (χ0) is 13.8. The summed E-state index contributed by atoms with van der Waals surface area (Å²) in [6.07, 6.45) is 1.95.